The topological polar surface area (TPSA) is 95.6 Å². The molecule has 2 aliphatic heterocycles. The molecule has 0 unspecified atom stereocenters. The van der Waals surface area contributed by atoms with Gasteiger partial charge in [0.25, 0.3) is 0 Å². The van der Waals surface area contributed by atoms with Crippen LogP contribution < -0.4 is 10.6 Å². The molecule has 2 N–H and O–H groups in total. The monoisotopic (exact) mass is 455 g/mol. The maximum Gasteiger partial charge on any atom is 0.243 e. The number of amides is 2. The molecule has 4 rings (SSSR count). The number of hydrogen-bond donors (Lipinski definition) is 2. The Morgan fingerprint density at radius 2 is 1.91 bits per heavy atom. The number of nitrogens with one attached hydrogen (secondary N) is 2. The molecule has 0 radical (unpaired) electrons. The molecule has 2 aliphatic rings. The number of hydrogen-bond acceptors (Lipinski definition) is 4. The maximum absolute atomic E-state index is 13.3. The summed E-state index contributed by atoms with van der Waals surface area (Å²) in [7, 11) is -3.72. The van der Waals surface area contributed by atoms with Gasteiger partial charge in [0.15, 0.2) is 0 Å². The van der Waals surface area contributed by atoms with E-state index in [2.05, 4.69) is 10.6 Å². The summed E-state index contributed by atoms with van der Waals surface area (Å²) in [5.41, 5.74) is 3.69. The van der Waals surface area contributed by atoms with E-state index in [0.29, 0.717) is 50.9 Å². The Hall–Kier alpha value is -2.71. The van der Waals surface area contributed by atoms with Crippen molar-refractivity contribution >= 4 is 27.5 Å². The van der Waals surface area contributed by atoms with E-state index in [4.69, 9.17) is 0 Å². The lowest BCUT2D eigenvalue weighted by atomic mass is 9.98. The average molecular weight is 456 g/mol. The zero-order valence-corrected chi connectivity index (χ0v) is 19.1. The lowest BCUT2D eigenvalue weighted by Gasteiger charge is -2.31. The van der Waals surface area contributed by atoms with Crippen LogP contribution in [0.1, 0.15) is 42.4 Å². The Morgan fingerprint density at radius 1 is 1.12 bits per heavy atom. The fourth-order valence-corrected chi connectivity index (χ4v) is 5.85. The van der Waals surface area contributed by atoms with Crippen LogP contribution in [0, 0.1) is 12.8 Å². The molecule has 0 aromatic heterocycles. The average Bonchev–Trinajstić information content (AvgIpc) is 2.98. The van der Waals surface area contributed by atoms with E-state index in [1.165, 1.54) is 4.31 Å². The highest BCUT2D eigenvalue weighted by Crippen LogP contribution is 2.29. The lowest BCUT2D eigenvalue weighted by molar-refractivity contribution is -0.126. The third-order valence-electron chi connectivity index (χ3n) is 6.18. The number of carbonyl (C=O) groups is 2. The number of piperidine rings is 1. The minimum atomic E-state index is -3.72. The van der Waals surface area contributed by atoms with Crippen molar-refractivity contribution in [3.8, 4) is 0 Å². The molecule has 170 valence electrons. The van der Waals surface area contributed by atoms with E-state index < -0.39 is 10.0 Å². The molecule has 2 heterocycles. The van der Waals surface area contributed by atoms with Crippen molar-refractivity contribution in [3.05, 3.63) is 59.2 Å². The van der Waals surface area contributed by atoms with Crippen LogP contribution in [0.5, 0.6) is 0 Å². The van der Waals surface area contributed by atoms with Gasteiger partial charge in [0.2, 0.25) is 21.8 Å². The Labute approximate surface area is 189 Å². The molecule has 2 aromatic carbocycles. The van der Waals surface area contributed by atoms with E-state index in [1.54, 1.807) is 18.2 Å². The molecule has 1 saturated heterocycles. The number of rotatable bonds is 5. The summed E-state index contributed by atoms with van der Waals surface area (Å²) in [6, 6.07) is 12.8. The number of carbonyl (C=O) groups excluding carboxylic acids is 2. The van der Waals surface area contributed by atoms with Gasteiger partial charge in [0.05, 0.1) is 10.8 Å². The van der Waals surface area contributed by atoms with Gasteiger partial charge in [0, 0.05) is 31.7 Å². The molecular formula is C24H29N3O4S. The predicted octanol–water partition coefficient (Wildman–Crippen LogP) is 2.99. The minimum Gasteiger partial charge on any atom is -0.352 e. The van der Waals surface area contributed by atoms with Crippen molar-refractivity contribution in [1.82, 2.24) is 9.62 Å². The van der Waals surface area contributed by atoms with Gasteiger partial charge < -0.3 is 10.6 Å². The van der Waals surface area contributed by atoms with Gasteiger partial charge in [-0.05, 0) is 61.9 Å². The van der Waals surface area contributed by atoms with Crippen LogP contribution in [-0.2, 0) is 32.6 Å². The second-order valence-electron chi connectivity index (χ2n) is 8.63. The van der Waals surface area contributed by atoms with Gasteiger partial charge >= 0.3 is 0 Å². The highest BCUT2D eigenvalue weighted by Gasteiger charge is 2.33. The van der Waals surface area contributed by atoms with Gasteiger partial charge in [-0.2, -0.15) is 4.31 Å². The first-order chi connectivity index (χ1) is 15.3. The second-order valence-corrected chi connectivity index (χ2v) is 10.6. The first-order valence-electron chi connectivity index (χ1n) is 11.1. The van der Waals surface area contributed by atoms with Crippen molar-refractivity contribution in [1.29, 1.82) is 0 Å². The number of anilines is 1. The summed E-state index contributed by atoms with van der Waals surface area (Å²) >= 11 is 0. The third kappa shape index (κ3) is 5.02. The quantitative estimate of drug-likeness (QED) is 0.725. The molecule has 2 aromatic rings. The van der Waals surface area contributed by atoms with Crippen molar-refractivity contribution in [2.24, 2.45) is 5.92 Å². The van der Waals surface area contributed by atoms with Gasteiger partial charge in [0.1, 0.15) is 0 Å². The molecule has 7 nitrogen and oxygen atoms in total. The van der Waals surface area contributed by atoms with Crippen LogP contribution >= 0.6 is 0 Å². The first kappa shape index (κ1) is 22.5. The normalized spacial score (nSPS) is 19.5. The largest absolute Gasteiger partial charge is 0.352 e. The summed E-state index contributed by atoms with van der Waals surface area (Å²) < 4.78 is 28.0. The number of aryl methyl sites for hydroxylation is 2. The molecule has 1 fully saturated rings. The van der Waals surface area contributed by atoms with Crippen molar-refractivity contribution in [3.63, 3.8) is 0 Å². The fraction of sp³-hybridized carbons (Fsp3) is 0.417. The Bertz CT molecular complexity index is 1110. The molecule has 0 bridgehead atoms. The van der Waals surface area contributed by atoms with Gasteiger partial charge in [-0.3, -0.25) is 9.59 Å². The van der Waals surface area contributed by atoms with Gasteiger partial charge in [-0.25, -0.2) is 8.42 Å². The van der Waals surface area contributed by atoms with Gasteiger partial charge in [-0.1, -0.05) is 29.8 Å². The molecule has 1 atom stereocenters. The molecular weight excluding hydrogens is 426 g/mol. The fourth-order valence-electron chi connectivity index (χ4n) is 4.27. The summed E-state index contributed by atoms with van der Waals surface area (Å²) in [4.78, 5) is 24.7. The third-order valence-corrected chi connectivity index (χ3v) is 8.04. The van der Waals surface area contributed by atoms with E-state index >= 15 is 0 Å². The number of sulfonamides is 1. The standard InChI is InChI=1S/C24H29N3O4S/c1-17-7-9-18(10-8-17)15-25-24(29)20-5-3-13-27(16-20)32(30,31)21-11-12-22-19(14-21)4-2-6-23(28)26-22/h7-12,14,20H,2-6,13,15-16H2,1H3,(H,25,29)(H,26,28)/t20-/m0/s1. The molecule has 0 aliphatic carbocycles. The first-order valence-corrected chi connectivity index (χ1v) is 12.5. The van der Waals surface area contributed by atoms with E-state index in [9.17, 15) is 18.0 Å². The molecule has 32 heavy (non-hydrogen) atoms. The zero-order valence-electron chi connectivity index (χ0n) is 18.3. The Morgan fingerprint density at radius 3 is 2.69 bits per heavy atom. The lowest BCUT2D eigenvalue weighted by Crippen LogP contribution is -2.45. The van der Waals surface area contributed by atoms with E-state index in [1.807, 2.05) is 31.2 Å². The summed E-state index contributed by atoms with van der Waals surface area (Å²) in [6.07, 6.45) is 3.09. The summed E-state index contributed by atoms with van der Waals surface area (Å²) in [5.74, 6) is -0.533. The van der Waals surface area contributed by atoms with E-state index in [-0.39, 0.29) is 29.2 Å². The second kappa shape index (κ2) is 9.42. The highest BCUT2D eigenvalue weighted by atomic mass is 32.2. The molecule has 2 amide bonds. The van der Waals surface area contributed by atoms with Crippen LogP contribution in [-0.4, -0.2) is 37.6 Å². The number of nitrogens with zero attached hydrogens (tertiary/aromatic N) is 1. The van der Waals surface area contributed by atoms with E-state index in [0.717, 1.165) is 16.7 Å². The maximum atomic E-state index is 13.3. The molecule has 8 heteroatoms. The van der Waals surface area contributed by atoms with Gasteiger partial charge in [-0.15, -0.1) is 0 Å². The van der Waals surface area contributed by atoms with Crippen LogP contribution in [0.4, 0.5) is 5.69 Å². The summed E-state index contributed by atoms with van der Waals surface area (Å²) in [6.45, 7) is 3.02. The van der Waals surface area contributed by atoms with Crippen LogP contribution in [0.25, 0.3) is 0 Å². The summed E-state index contributed by atoms with van der Waals surface area (Å²) in [5, 5.41) is 5.78. The van der Waals surface area contributed by atoms with Crippen LogP contribution in [0.2, 0.25) is 0 Å². The minimum absolute atomic E-state index is 0.0464. The smallest absolute Gasteiger partial charge is 0.243 e. The van der Waals surface area contributed by atoms with Crippen molar-refractivity contribution in [2.45, 2.75) is 50.5 Å². The number of benzene rings is 2. The SMILES string of the molecule is Cc1ccc(CNC(=O)[C@H]2CCCN(S(=O)(=O)c3ccc4c(c3)CCCC(=O)N4)C2)cc1. The van der Waals surface area contributed by atoms with Crippen molar-refractivity contribution in [2.75, 3.05) is 18.4 Å². The highest BCUT2D eigenvalue weighted by molar-refractivity contribution is 7.89. The van der Waals surface area contributed by atoms with Crippen LogP contribution in [0.3, 0.4) is 0 Å². The Kier molecular flexibility index (Phi) is 6.62. The molecule has 0 spiro atoms. The molecule has 0 saturated carbocycles. The van der Waals surface area contributed by atoms with Crippen molar-refractivity contribution < 1.29 is 18.0 Å². The predicted molar refractivity (Wildman–Crippen MR) is 123 cm³/mol. The van der Waals surface area contributed by atoms with Crippen LogP contribution in [0.15, 0.2) is 47.4 Å². The Balaban J connectivity index is 1.44. The number of fused-ring (bicyclic) bond motifs is 1. The zero-order chi connectivity index (χ0) is 22.7.